The van der Waals surface area contributed by atoms with Crippen LogP contribution in [-0.4, -0.2) is 174 Å². The van der Waals surface area contributed by atoms with Gasteiger partial charge >= 0.3 is 0 Å². The van der Waals surface area contributed by atoms with Gasteiger partial charge in [0.25, 0.3) is 0 Å². The molecule has 7 aliphatic rings. The summed E-state index contributed by atoms with van der Waals surface area (Å²) in [6, 6.07) is 40.8. The SMILES string of the molecule is C.C.C.CC(=O)N1CCC(CC(=O)N2CCN([C@H]3c4ccc(Cl)cc4CCc4cccnc43)CC2)CC1.Cc1ccc2c(c1)CCc1cccnc1[C@@H]2N1CCN(C(=O)Cc2cccnc2)CC1.Cc1ccc2c(c1)CCc1cccnc1[C@H]2N1CCN(C(=O)Cc2cccnc2)CC1. The number of aryl methyl sites for hydroxylation is 8. The van der Waals surface area contributed by atoms with Crippen molar-refractivity contribution in [1.29, 1.82) is 0 Å². The predicted octanol–water partition coefficient (Wildman–Crippen LogP) is 12.3. The van der Waals surface area contributed by atoms with Crippen LogP contribution in [0.1, 0.15) is 156 Å². The predicted molar refractivity (Wildman–Crippen MR) is 394 cm³/mol. The van der Waals surface area contributed by atoms with Crippen LogP contribution in [0.15, 0.2) is 159 Å². The lowest BCUT2D eigenvalue weighted by molar-refractivity contribution is -0.135. The Morgan fingerprint density at radius 3 is 1.13 bits per heavy atom. The summed E-state index contributed by atoms with van der Waals surface area (Å²) in [5.74, 6) is 1.15. The van der Waals surface area contributed by atoms with Crippen LogP contribution in [0.25, 0.3) is 0 Å². The molecule has 0 N–H and O–H groups in total. The molecule has 4 saturated heterocycles. The van der Waals surface area contributed by atoms with E-state index in [4.69, 9.17) is 26.6 Å². The van der Waals surface area contributed by atoms with Crippen molar-refractivity contribution < 1.29 is 19.2 Å². The number of likely N-dealkylation sites (tertiary alicyclic amines) is 1. The minimum atomic E-state index is 0. The molecule has 3 aliphatic carbocycles. The number of benzene rings is 3. The average molecular weight is 1350 g/mol. The minimum Gasteiger partial charge on any atom is -0.343 e. The first kappa shape index (κ1) is 73.2. The highest BCUT2D eigenvalue weighted by Crippen LogP contribution is 2.40. The van der Waals surface area contributed by atoms with Gasteiger partial charge in [-0.1, -0.05) is 118 Å². The summed E-state index contributed by atoms with van der Waals surface area (Å²) in [5.41, 5.74) is 20.2. The fraction of sp³-hybridized carbons (Fsp3) is 0.427. The van der Waals surface area contributed by atoms with Gasteiger partial charge in [0.1, 0.15) is 0 Å². The van der Waals surface area contributed by atoms with Gasteiger partial charge in [-0.05, 0) is 175 Å². The zero-order valence-electron chi connectivity index (χ0n) is 55.9. The van der Waals surface area contributed by atoms with Crippen LogP contribution in [-0.2, 0) is 70.5 Å². The summed E-state index contributed by atoms with van der Waals surface area (Å²) >= 11 is 6.34. The summed E-state index contributed by atoms with van der Waals surface area (Å²) in [6.07, 6.45) is 22.1. The Balaban J connectivity index is 0.000000158. The van der Waals surface area contributed by atoms with Crippen LogP contribution in [0.2, 0.25) is 5.02 Å². The van der Waals surface area contributed by atoms with E-state index in [0.717, 1.165) is 165 Å². The number of aromatic nitrogens is 5. The molecule has 0 bridgehead atoms. The van der Waals surface area contributed by atoms with Gasteiger partial charge in [0.2, 0.25) is 23.6 Å². The summed E-state index contributed by atoms with van der Waals surface area (Å²) in [4.78, 5) is 88.4. The van der Waals surface area contributed by atoms with Crippen molar-refractivity contribution >= 4 is 35.2 Å². The Morgan fingerprint density at radius 2 is 0.758 bits per heavy atom. The Kier molecular flexibility index (Phi) is 25.1. The topological polar surface area (TPSA) is 155 Å². The first-order valence-corrected chi connectivity index (χ1v) is 35.1. The molecule has 8 aromatic rings. The molecule has 9 heterocycles. The van der Waals surface area contributed by atoms with E-state index in [1.165, 1.54) is 72.6 Å². The van der Waals surface area contributed by atoms with E-state index in [-0.39, 0.29) is 64.0 Å². The monoisotopic (exact) mass is 1350 g/mol. The number of halogens is 1. The fourth-order valence-corrected chi connectivity index (χ4v) is 15.9. The van der Waals surface area contributed by atoms with Gasteiger partial charge in [-0.15, -0.1) is 0 Å². The third-order valence-corrected chi connectivity index (χ3v) is 21.1. The van der Waals surface area contributed by atoms with Gasteiger partial charge in [-0.2, -0.15) is 0 Å². The number of hydrogen-bond acceptors (Lipinski definition) is 12. The van der Waals surface area contributed by atoms with Gasteiger partial charge in [-0.3, -0.25) is 58.8 Å². The molecule has 5 aromatic heterocycles. The quantitative estimate of drug-likeness (QED) is 0.135. The number of hydrogen-bond donors (Lipinski definition) is 0. The molecule has 4 amide bonds. The van der Waals surface area contributed by atoms with E-state index in [1.807, 2.05) is 86.7 Å². The van der Waals surface area contributed by atoms with E-state index in [0.29, 0.717) is 25.2 Å². The molecule has 99 heavy (non-hydrogen) atoms. The normalized spacial score (nSPS) is 19.1. The second kappa shape index (κ2) is 34.0. The highest BCUT2D eigenvalue weighted by atomic mass is 35.5. The lowest BCUT2D eigenvalue weighted by atomic mass is 9.92. The number of pyridine rings is 5. The number of carbonyl (C=O) groups is 4. The number of amides is 4. The molecule has 4 aliphatic heterocycles. The van der Waals surface area contributed by atoms with Crippen LogP contribution in [0, 0.1) is 19.8 Å². The van der Waals surface area contributed by atoms with Gasteiger partial charge in [0, 0.05) is 153 Å². The van der Waals surface area contributed by atoms with Crippen LogP contribution < -0.4 is 0 Å². The Bertz CT molecular complexity index is 3850. The molecule has 15 rings (SSSR count). The summed E-state index contributed by atoms with van der Waals surface area (Å²) < 4.78 is 0. The Morgan fingerprint density at radius 1 is 0.404 bits per heavy atom. The number of piperazine rings is 3. The molecule has 520 valence electrons. The third-order valence-electron chi connectivity index (χ3n) is 20.9. The highest BCUT2D eigenvalue weighted by Gasteiger charge is 2.37. The zero-order chi connectivity index (χ0) is 66.1. The number of piperidine rings is 1. The molecule has 3 aromatic carbocycles. The van der Waals surface area contributed by atoms with Gasteiger partial charge in [0.15, 0.2) is 0 Å². The van der Waals surface area contributed by atoms with Crippen molar-refractivity contribution in [3.63, 3.8) is 0 Å². The molecular formula is C82H101ClN12O4. The molecule has 0 unspecified atom stereocenters. The molecule has 17 heteroatoms. The highest BCUT2D eigenvalue weighted by molar-refractivity contribution is 6.30. The Labute approximate surface area is 592 Å². The second-order valence-corrected chi connectivity index (χ2v) is 27.5. The number of fused-ring (bicyclic) bond motifs is 6. The number of nitrogens with zero attached hydrogens (tertiary/aromatic N) is 12. The number of carbonyl (C=O) groups excluding carboxylic acids is 4. The average Bonchev–Trinajstić information content (AvgIpc) is 1.76. The zero-order valence-corrected chi connectivity index (χ0v) is 56.6. The van der Waals surface area contributed by atoms with Crippen molar-refractivity contribution in [3.8, 4) is 0 Å². The lowest BCUT2D eigenvalue weighted by Crippen LogP contribution is -2.50. The van der Waals surface area contributed by atoms with E-state index in [2.05, 4.69) is 105 Å². The van der Waals surface area contributed by atoms with Crippen LogP contribution in [0.5, 0.6) is 0 Å². The molecule has 4 fully saturated rings. The van der Waals surface area contributed by atoms with E-state index < -0.39 is 0 Å². The van der Waals surface area contributed by atoms with Crippen LogP contribution >= 0.6 is 11.6 Å². The van der Waals surface area contributed by atoms with E-state index in [9.17, 15) is 19.2 Å². The first-order chi connectivity index (χ1) is 46.9. The fourth-order valence-electron chi connectivity index (χ4n) is 15.7. The molecule has 0 saturated carbocycles. The summed E-state index contributed by atoms with van der Waals surface area (Å²) in [6.45, 7) is 17.1. The van der Waals surface area contributed by atoms with Crippen molar-refractivity contribution in [3.05, 3.63) is 253 Å². The largest absolute Gasteiger partial charge is 0.343 e. The maximum atomic E-state index is 13.1. The third kappa shape index (κ3) is 17.4. The molecule has 0 spiro atoms. The van der Waals surface area contributed by atoms with E-state index in [1.54, 1.807) is 31.7 Å². The molecule has 0 radical (unpaired) electrons. The minimum absolute atomic E-state index is 0. The van der Waals surface area contributed by atoms with Crippen molar-refractivity contribution in [2.45, 2.75) is 132 Å². The van der Waals surface area contributed by atoms with Gasteiger partial charge in [0.05, 0.1) is 48.0 Å². The molecule has 16 nitrogen and oxygen atoms in total. The Hall–Kier alpha value is -8.54. The maximum Gasteiger partial charge on any atom is 0.227 e. The van der Waals surface area contributed by atoms with Crippen LogP contribution in [0.3, 0.4) is 0 Å². The van der Waals surface area contributed by atoms with E-state index >= 15 is 0 Å². The van der Waals surface area contributed by atoms with Crippen molar-refractivity contribution in [1.82, 2.24) is 59.2 Å². The maximum absolute atomic E-state index is 13.1. The summed E-state index contributed by atoms with van der Waals surface area (Å²) in [5, 5.41) is 0.779. The lowest BCUT2D eigenvalue weighted by Gasteiger charge is -2.40. The van der Waals surface area contributed by atoms with Gasteiger partial charge in [-0.25, -0.2) is 0 Å². The number of rotatable bonds is 9. The summed E-state index contributed by atoms with van der Waals surface area (Å²) in [7, 11) is 0. The van der Waals surface area contributed by atoms with Gasteiger partial charge < -0.3 is 19.6 Å². The second-order valence-electron chi connectivity index (χ2n) is 27.1. The standard InChI is InChI=1S/C27H33ClN4O2.2C26H28N4O.3CH4/c1-19(33)30-11-8-20(9-12-30)17-25(34)31-13-15-32(16-14-31)27-24-7-6-23(28)18-22(24)5-4-21-3-2-10-29-26(21)27;2*1-19-6-9-23-22(16-19)8-7-21-5-3-11-28-25(21)26(23)30-14-12-29(13-15-30)24(31)17-20-4-2-10-27-18-20;;;/h2-3,6-7,10,18,20,27H,4-5,8-9,11-17H2,1H3;2*2-6,9-11,16,18,26H,7-8,12-15,17H2,1H3;3*1H4/t27-;2*26-;;;/m010.../s1. The van der Waals surface area contributed by atoms with Crippen LogP contribution in [0.4, 0.5) is 0 Å². The molecule has 3 atom stereocenters. The van der Waals surface area contributed by atoms with Crippen molar-refractivity contribution in [2.24, 2.45) is 5.92 Å². The smallest absolute Gasteiger partial charge is 0.227 e. The molecular weight excluding hydrogens is 1250 g/mol. The first-order valence-electron chi connectivity index (χ1n) is 34.7. The van der Waals surface area contributed by atoms with Crippen molar-refractivity contribution in [2.75, 3.05) is 91.6 Å².